The minimum absolute atomic E-state index is 0.0645. The first kappa shape index (κ1) is 15.1. The lowest BCUT2D eigenvalue weighted by atomic mass is 10.1. The van der Waals surface area contributed by atoms with Crippen molar-refractivity contribution in [1.29, 1.82) is 0 Å². The van der Waals surface area contributed by atoms with Gasteiger partial charge in [-0.1, -0.05) is 12.1 Å². The number of carbonyl (C=O) groups excluding carboxylic acids is 1. The zero-order valence-corrected chi connectivity index (χ0v) is 12.0. The summed E-state index contributed by atoms with van der Waals surface area (Å²) in [7, 11) is 0. The van der Waals surface area contributed by atoms with Gasteiger partial charge in [0.05, 0.1) is 4.92 Å². The zero-order chi connectivity index (χ0) is 15.2. The molecule has 0 unspecified atom stereocenters. The zero-order valence-electron chi connectivity index (χ0n) is 11.2. The van der Waals surface area contributed by atoms with E-state index in [2.05, 4.69) is 17.9 Å². The van der Waals surface area contributed by atoms with E-state index in [1.165, 1.54) is 12.1 Å². The van der Waals surface area contributed by atoms with Gasteiger partial charge in [0.2, 0.25) is 0 Å². The Morgan fingerprint density at radius 1 is 1.10 bits per heavy atom. The van der Waals surface area contributed by atoms with Crippen LogP contribution in [0.1, 0.15) is 15.9 Å². The standard InChI is InChI=1S/C15H14N2O3S/c18-15(12-3-7-14(21)8-4-12)16-10-9-11-1-5-13(6-2-11)17(19)20/h1-8,21H,9-10H2,(H,16,18). The summed E-state index contributed by atoms with van der Waals surface area (Å²) in [6.45, 7) is 0.471. The third-order valence-electron chi connectivity index (χ3n) is 2.98. The van der Waals surface area contributed by atoms with Crippen LogP contribution >= 0.6 is 12.6 Å². The van der Waals surface area contributed by atoms with E-state index in [-0.39, 0.29) is 11.6 Å². The fourth-order valence-electron chi connectivity index (χ4n) is 1.82. The molecule has 0 bridgehead atoms. The molecule has 2 rings (SSSR count). The molecule has 6 heteroatoms. The molecular weight excluding hydrogens is 288 g/mol. The van der Waals surface area contributed by atoms with E-state index in [1.54, 1.807) is 36.4 Å². The number of hydrogen-bond acceptors (Lipinski definition) is 4. The molecule has 1 amide bonds. The lowest BCUT2D eigenvalue weighted by molar-refractivity contribution is -0.384. The Bertz CT molecular complexity index is 639. The second-order valence-corrected chi connectivity index (χ2v) is 4.99. The highest BCUT2D eigenvalue weighted by atomic mass is 32.1. The minimum Gasteiger partial charge on any atom is -0.352 e. The van der Waals surface area contributed by atoms with Gasteiger partial charge >= 0.3 is 0 Å². The summed E-state index contributed by atoms with van der Waals surface area (Å²) in [5.41, 5.74) is 1.58. The largest absolute Gasteiger partial charge is 0.352 e. The molecule has 0 aliphatic rings. The molecule has 0 aliphatic carbocycles. The Balaban J connectivity index is 1.85. The van der Waals surface area contributed by atoms with Crippen molar-refractivity contribution in [2.45, 2.75) is 11.3 Å². The van der Waals surface area contributed by atoms with Crippen molar-refractivity contribution in [1.82, 2.24) is 5.32 Å². The number of carbonyl (C=O) groups is 1. The fraction of sp³-hybridized carbons (Fsp3) is 0.133. The average Bonchev–Trinajstić information content (AvgIpc) is 2.48. The molecular formula is C15H14N2O3S. The van der Waals surface area contributed by atoms with Gasteiger partial charge in [-0.25, -0.2) is 0 Å². The van der Waals surface area contributed by atoms with Gasteiger partial charge < -0.3 is 5.32 Å². The number of non-ortho nitro benzene ring substituents is 1. The number of thiol groups is 1. The van der Waals surface area contributed by atoms with E-state index in [0.29, 0.717) is 18.5 Å². The second kappa shape index (κ2) is 6.90. The van der Waals surface area contributed by atoms with E-state index in [4.69, 9.17) is 0 Å². The topological polar surface area (TPSA) is 72.2 Å². The van der Waals surface area contributed by atoms with Crippen molar-refractivity contribution in [2.24, 2.45) is 0 Å². The van der Waals surface area contributed by atoms with Crippen LogP contribution in [-0.2, 0) is 6.42 Å². The smallest absolute Gasteiger partial charge is 0.269 e. The predicted octanol–water partition coefficient (Wildman–Crippen LogP) is 2.86. The van der Waals surface area contributed by atoms with Crippen molar-refractivity contribution in [3.8, 4) is 0 Å². The molecule has 0 atom stereocenters. The van der Waals surface area contributed by atoms with E-state index >= 15 is 0 Å². The van der Waals surface area contributed by atoms with Gasteiger partial charge in [0.15, 0.2) is 0 Å². The van der Waals surface area contributed by atoms with Crippen LogP contribution in [0.5, 0.6) is 0 Å². The summed E-state index contributed by atoms with van der Waals surface area (Å²) in [5.74, 6) is -0.148. The number of nitrogens with one attached hydrogen (secondary N) is 1. The van der Waals surface area contributed by atoms with Gasteiger partial charge in [0.1, 0.15) is 0 Å². The molecule has 21 heavy (non-hydrogen) atoms. The maximum Gasteiger partial charge on any atom is 0.269 e. The molecule has 0 aromatic heterocycles. The molecule has 1 N–H and O–H groups in total. The minimum atomic E-state index is -0.434. The van der Waals surface area contributed by atoms with Gasteiger partial charge in [0, 0.05) is 29.1 Å². The Morgan fingerprint density at radius 2 is 1.71 bits per heavy atom. The molecule has 0 saturated heterocycles. The van der Waals surface area contributed by atoms with Crippen LogP contribution in [0.25, 0.3) is 0 Å². The van der Waals surface area contributed by atoms with E-state index in [1.807, 2.05) is 0 Å². The van der Waals surface area contributed by atoms with Crippen LogP contribution < -0.4 is 5.32 Å². The van der Waals surface area contributed by atoms with Crippen molar-refractivity contribution in [3.63, 3.8) is 0 Å². The SMILES string of the molecule is O=C(NCCc1ccc([N+](=O)[O-])cc1)c1ccc(S)cc1. The van der Waals surface area contributed by atoms with Crippen molar-refractivity contribution in [3.05, 3.63) is 69.8 Å². The monoisotopic (exact) mass is 302 g/mol. The summed E-state index contributed by atoms with van der Waals surface area (Å²) < 4.78 is 0. The van der Waals surface area contributed by atoms with Crippen LogP contribution in [0.3, 0.4) is 0 Å². The number of benzene rings is 2. The quantitative estimate of drug-likeness (QED) is 0.507. The van der Waals surface area contributed by atoms with Gasteiger partial charge in [-0.05, 0) is 36.2 Å². The molecule has 0 radical (unpaired) electrons. The Morgan fingerprint density at radius 3 is 2.29 bits per heavy atom. The van der Waals surface area contributed by atoms with Crippen LogP contribution in [-0.4, -0.2) is 17.4 Å². The predicted molar refractivity (Wildman–Crippen MR) is 82.8 cm³/mol. The lowest BCUT2D eigenvalue weighted by Crippen LogP contribution is -2.25. The van der Waals surface area contributed by atoms with E-state index < -0.39 is 4.92 Å². The van der Waals surface area contributed by atoms with Gasteiger partial charge in [0.25, 0.3) is 11.6 Å². The number of hydrogen-bond donors (Lipinski definition) is 2. The highest BCUT2D eigenvalue weighted by molar-refractivity contribution is 7.80. The summed E-state index contributed by atoms with van der Waals surface area (Å²) in [6.07, 6.45) is 0.619. The molecule has 0 fully saturated rings. The van der Waals surface area contributed by atoms with E-state index in [9.17, 15) is 14.9 Å². The van der Waals surface area contributed by atoms with Crippen molar-refractivity contribution >= 4 is 24.2 Å². The first-order valence-corrected chi connectivity index (χ1v) is 6.81. The first-order chi connectivity index (χ1) is 10.1. The van der Waals surface area contributed by atoms with Gasteiger partial charge in [-0.15, -0.1) is 12.6 Å². The van der Waals surface area contributed by atoms with Crippen LogP contribution in [0, 0.1) is 10.1 Å². The van der Waals surface area contributed by atoms with Crippen LogP contribution in [0.4, 0.5) is 5.69 Å². The maximum absolute atomic E-state index is 11.9. The fourth-order valence-corrected chi connectivity index (χ4v) is 1.97. The average molecular weight is 302 g/mol. The van der Waals surface area contributed by atoms with Crippen molar-refractivity contribution < 1.29 is 9.72 Å². The molecule has 5 nitrogen and oxygen atoms in total. The molecule has 2 aromatic carbocycles. The normalized spacial score (nSPS) is 10.1. The van der Waals surface area contributed by atoms with E-state index in [0.717, 1.165) is 10.5 Å². The molecule has 0 spiro atoms. The molecule has 0 heterocycles. The van der Waals surface area contributed by atoms with Crippen LogP contribution in [0.15, 0.2) is 53.4 Å². The summed E-state index contributed by atoms with van der Waals surface area (Å²) in [6, 6.07) is 13.3. The number of nitro benzene ring substituents is 1. The number of nitrogens with zero attached hydrogens (tertiary/aromatic N) is 1. The van der Waals surface area contributed by atoms with Crippen LogP contribution in [0.2, 0.25) is 0 Å². The maximum atomic E-state index is 11.9. The number of nitro groups is 1. The highest BCUT2D eigenvalue weighted by Gasteiger charge is 2.06. The molecule has 0 aliphatic heterocycles. The van der Waals surface area contributed by atoms with Gasteiger partial charge in [-0.3, -0.25) is 14.9 Å². The lowest BCUT2D eigenvalue weighted by Gasteiger charge is -2.05. The third kappa shape index (κ3) is 4.32. The second-order valence-electron chi connectivity index (χ2n) is 4.48. The highest BCUT2D eigenvalue weighted by Crippen LogP contribution is 2.12. The molecule has 2 aromatic rings. The number of amides is 1. The first-order valence-electron chi connectivity index (χ1n) is 6.37. The Kier molecular flexibility index (Phi) is 4.94. The summed E-state index contributed by atoms with van der Waals surface area (Å²) in [4.78, 5) is 22.8. The Labute approximate surface area is 127 Å². The third-order valence-corrected chi connectivity index (χ3v) is 3.27. The van der Waals surface area contributed by atoms with Crippen molar-refractivity contribution in [2.75, 3.05) is 6.54 Å². The number of rotatable bonds is 5. The molecule has 108 valence electrons. The Hall–Kier alpha value is -2.34. The van der Waals surface area contributed by atoms with Gasteiger partial charge in [-0.2, -0.15) is 0 Å². The summed E-state index contributed by atoms with van der Waals surface area (Å²) in [5, 5.41) is 13.3. The summed E-state index contributed by atoms with van der Waals surface area (Å²) >= 11 is 4.16. The molecule has 0 saturated carbocycles.